The van der Waals surface area contributed by atoms with Crippen molar-refractivity contribution in [2.45, 2.75) is 37.0 Å². The summed E-state index contributed by atoms with van der Waals surface area (Å²) < 4.78 is 66.7. The Kier molecular flexibility index (Phi) is 5.12. The first kappa shape index (κ1) is 18.9. The lowest BCUT2D eigenvalue weighted by Crippen LogP contribution is -2.42. The monoisotopic (exact) mass is 383 g/mol. The second-order valence-corrected chi connectivity index (χ2v) is 8.38. The summed E-state index contributed by atoms with van der Waals surface area (Å²) in [7, 11) is -3.80. The van der Waals surface area contributed by atoms with Crippen LogP contribution in [0.2, 0.25) is 0 Å². The lowest BCUT2D eigenvalue weighted by Gasteiger charge is -2.30. The number of alkyl halides is 2. The van der Waals surface area contributed by atoms with Crippen LogP contribution in [0.15, 0.2) is 47.4 Å². The molecule has 7 heteroatoms. The summed E-state index contributed by atoms with van der Waals surface area (Å²) in [6.07, 6.45) is -0.334. The summed E-state index contributed by atoms with van der Waals surface area (Å²) in [6, 6.07) is 11.0. The van der Waals surface area contributed by atoms with E-state index in [9.17, 15) is 21.6 Å². The molecule has 3 rings (SSSR count). The highest BCUT2D eigenvalue weighted by Crippen LogP contribution is 2.31. The Morgan fingerprint density at radius 2 is 1.58 bits per heavy atom. The van der Waals surface area contributed by atoms with Gasteiger partial charge in [0.1, 0.15) is 5.82 Å². The lowest BCUT2D eigenvalue weighted by molar-refractivity contribution is -0.0412. The number of piperidine rings is 1. The Balaban J connectivity index is 1.82. The van der Waals surface area contributed by atoms with Crippen LogP contribution in [0.3, 0.4) is 0 Å². The van der Waals surface area contributed by atoms with Gasteiger partial charge in [0.2, 0.25) is 10.0 Å². The third-order valence-electron chi connectivity index (χ3n) is 4.71. The van der Waals surface area contributed by atoms with E-state index in [0.29, 0.717) is 23.1 Å². The molecule has 0 spiro atoms. The standard InChI is InChI=1S/C19H20F3NO2S/c1-2-14-3-4-16(13-18(14)20)15-5-7-17(8-6-15)26(24,25)23-11-9-19(21,22)10-12-23/h3-8,13H,2,9-12H2,1H3. The predicted molar refractivity (Wildman–Crippen MR) is 94.2 cm³/mol. The van der Waals surface area contributed by atoms with Gasteiger partial charge in [0, 0.05) is 25.9 Å². The Morgan fingerprint density at radius 1 is 1.00 bits per heavy atom. The van der Waals surface area contributed by atoms with Gasteiger partial charge in [-0.05, 0) is 41.3 Å². The van der Waals surface area contributed by atoms with Gasteiger partial charge in [0.25, 0.3) is 5.92 Å². The number of halogens is 3. The molecule has 0 amide bonds. The molecule has 140 valence electrons. The first-order valence-corrected chi connectivity index (χ1v) is 9.94. The van der Waals surface area contributed by atoms with Gasteiger partial charge in [0.15, 0.2) is 0 Å². The van der Waals surface area contributed by atoms with Crippen molar-refractivity contribution in [3.63, 3.8) is 0 Å². The highest BCUT2D eigenvalue weighted by atomic mass is 32.2. The van der Waals surface area contributed by atoms with Crippen molar-refractivity contribution in [2.24, 2.45) is 0 Å². The fourth-order valence-electron chi connectivity index (χ4n) is 3.04. The Morgan fingerprint density at radius 3 is 2.12 bits per heavy atom. The van der Waals surface area contributed by atoms with E-state index in [4.69, 9.17) is 0 Å². The van der Waals surface area contributed by atoms with Gasteiger partial charge in [-0.2, -0.15) is 4.31 Å². The smallest absolute Gasteiger partial charge is 0.207 e. The topological polar surface area (TPSA) is 37.4 Å². The first-order chi connectivity index (χ1) is 12.2. The average molecular weight is 383 g/mol. The van der Waals surface area contributed by atoms with Crippen molar-refractivity contribution in [1.29, 1.82) is 0 Å². The summed E-state index contributed by atoms with van der Waals surface area (Å²) in [6.45, 7) is 1.48. The highest BCUT2D eigenvalue weighted by Gasteiger charge is 2.38. The molecule has 0 aliphatic carbocycles. The quantitative estimate of drug-likeness (QED) is 0.781. The van der Waals surface area contributed by atoms with Crippen LogP contribution in [-0.2, 0) is 16.4 Å². The Bertz CT molecular complexity index is 886. The molecule has 2 aromatic carbocycles. The molecule has 3 nitrogen and oxygen atoms in total. The summed E-state index contributed by atoms with van der Waals surface area (Å²) >= 11 is 0. The fourth-order valence-corrected chi connectivity index (χ4v) is 4.48. The first-order valence-electron chi connectivity index (χ1n) is 8.50. The second-order valence-electron chi connectivity index (χ2n) is 6.44. The molecule has 26 heavy (non-hydrogen) atoms. The van der Waals surface area contributed by atoms with E-state index in [1.165, 1.54) is 18.2 Å². The maximum atomic E-state index is 13.9. The zero-order valence-electron chi connectivity index (χ0n) is 14.4. The average Bonchev–Trinajstić information content (AvgIpc) is 2.61. The van der Waals surface area contributed by atoms with Crippen LogP contribution in [0.25, 0.3) is 11.1 Å². The summed E-state index contributed by atoms with van der Waals surface area (Å²) in [5.41, 5.74) is 1.96. The largest absolute Gasteiger partial charge is 0.250 e. The number of aryl methyl sites for hydroxylation is 1. The number of hydrogen-bond acceptors (Lipinski definition) is 2. The van der Waals surface area contributed by atoms with Gasteiger partial charge in [0.05, 0.1) is 4.90 Å². The molecule has 0 radical (unpaired) electrons. The van der Waals surface area contributed by atoms with Crippen LogP contribution in [0.5, 0.6) is 0 Å². The molecule has 0 bridgehead atoms. The van der Waals surface area contributed by atoms with Gasteiger partial charge in [-0.25, -0.2) is 21.6 Å². The van der Waals surface area contributed by atoms with Gasteiger partial charge in [-0.15, -0.1) is 0 Å². The normalized spacial score (nSPS) is 18.0. The number of sulfonamides is 1. The van der Waals surface area contributed by atoms with E-state index < -0.39 is 28.8 Å². The van der Waals surface area contributed by atoms with E-state index >= 15 is 0 Å². The lowest BCUT2D eigenvalue weighted by atomic mass is 10.0. The minimum atomic E-state index is -3.80. The van der Waals surface area contributed by atoms with Crippen molar-refractivity contribution in [3.05, 3.63) is 53.8 Å². The maximum Gasteiger partial charge on any atom is 0.250 e. The van der Waals surface area contributed by atoms with Crippen LogP contribution in [0, 0.1) is 5.82 Å². The van der Waals surface area contributed by atoms with Crippen molar-refractivity contribution >= 4 is 10.0 Å². The molecule has 1 aliphatic heterocycles. The molecular formula is C19H20F3NO2S. The minimum Gasteiger partial charge on any atom is -0.207 e. The van der Waals surface area contributed by atoms with E-state index in [0.717, 1.165) is 4.31 Å². The molecule has 1 saturated heterocycles. The SMILES string of the molecule is CCc1ccc(-c2ccc(S(=O)(=O)N3CCC(F)(F)CC3)cc2)cc1F. The molecular weight excluding hydrogens is 363 g/mol. The minimum absolute atomic E-state index is 0.0529. The van der Waals surface area contributed by atoms with Crippen molar-refractivity contribution in [3.8, 4) is 11.1 Å². The molecule has 0 atom stereocenters. The van der Waals surface area contributed by atoms with E-state index in [1.54, 1.807) is 24.3 Å². The van der Waals surface area contributed by atoms with Crippen molar-refractivity contribution < 1.29 is 21.6 Å². The van der Waals surface area contributed by atoms with Crippen LogP contribution < -0.4 is 0 Å². The van der Waals surface area contributed by atoms with E-state index in [2.05, 4.69) is 0 Å². The summed E-state index contributed by atoms with van der Waals surface area (Å²) in [4.78, 5) is 0.0529. The van der Waals surface area contributed by atoms with Crippen LogP contribution >= 0.6 is 0 Å². The third-order valence-corrected chi connectivity index (χ3v) is 6.63. The van der Waals surface area contributed by atoms with Crippen LogP contribution in [0.4, 0.5) is 13.2 Å². The summed E-state index contributed by atoms with van der Waals surface area (Å²) in [5.74, 6) is -3.10. The third kappa shape index (κ3) is 3.78. The van der Waals surface area contributed by atoms with Crippen molar-refractivity contribution in [1.82, 2.24) is 4.31 Å². The highest BCUT2D eigenvalue weighted by molar-refractivity contribution is 7.89. The maximum absolute atomic E-state index is 13.9. The van der Waals surface area contributed by atoms with Gasteiger partial charge >= 0.3 is 0 Å². The predicted octanol–water partition coefficient (Wildman–Crippen LogP) is 4.47. The number of rotatable bonds is 4. The molecule has 2 aromatic rings. The van der Waals surface area contributed by atoms with Crippen LogP contribution in [-0.4, -0.2) is 31.7 Å². The molecule has 0 saturated carbocycles. The van der Waals surface area contributed by atoms with E-state index in [-0.39, 0.29) is 23.8 Å². The number of hydrogen-bond donors (Lipinski definition) is 0. The van der Waals surface area contributed by atoms with Gasteiger partial charge in [-0.1, -0.05) is 31.2 Å². The van der Waals surface area contributed by atoms with Crippen LogP contribution in [0.1, 0.15) is 25.3 Å². The molecule has 1 heterocycles. The van der Waals surface area contributed by atoms with E-state index in [1.807, 2.05) is 6.92 Å². The Hall–Kier alpha value is -1.86. The fraction of sp³-hybridized carbons (Fsp3) is 0.368. The number of nitrogens with zero attached hydrogens (tertiary/aromatic N) is 1. The van der Waals surface area contributed by atoms with Crippen molar-refractivity contribution in [2.75, 3.05) is 13.1 Å². The second kappa shape index (κ2) is 7.04. The molecule has 1 fully saturated rings. The molecule has 0 aromatic heterocycles. The molecule has 0 unspecified atom stereocenters. The number of benzene rings is 2. The van der Waals surface area contributed by atoms with Gasteiger partial charge in [-0.3, -0.25) is 0 Å². The molecule has 0 N–H and O–H groups in total. The summed E-state index contributed by atoms with van der Waals surface area (Å²) in [5, 5.41) is 0. The zero-order valence-corrected chi connectivity index (χ0v) is 15.2. The zero-order chi connectivity index (χ0) is 18.9. The van der Waals surface area contributed by atoms with Gasteiger partial charge < -0.3 is 0 Å². The molecule has 1 aliphatic rings. The Labute approximate surface area is 151 Å².